The second kappa shape index (κ2) is 9.54. The van der Waals surface area contributed by atoms with Crippen LogP contribution in [0, 0.1) is 6.92 Å². The van der Waals surface area contributed by atoms with Crippen LogP contribution in [0.3, 0.4) is 0 Å². The first-order valence-corrected chi connectivity index (χ1v) is 11.9. The highest BCUT2D eigenvalue weighted by Crippen LogP contribution is 2.45. The number of aliphatic hydroxyl groups is 1. The summed E-state index contributed by atoms with van der Waals surface area (Å²) in [5.41, 5.74) is 3.30. The molecule has 8 nitrogen and oxygen atoms in total. The SMILES string of the molecule is COc1ccc(C)cc1/C(O)=C1\C(=O)C(=O)N(c2ccc3c(c2)OCCO3)C1c1ccc(N(C)C)cc1. The summed E-state index contributed by atoms with van der Waals surface area (Å²) in [5, 5.41) is 11.5. The molecule has 0 spiro atoms. The number of aryl methyl sites for hydroxylation is 1. The van der Waals surface area contributed by atoms with Crippen molar-refractivity contribution >= 4 is 28.8 Å². The van der Waals surface area contributed by atoms with Gasteiger partial charge in [-0.15, -0.1) is 0 Å². The number of fused-ring (bicyclic) bond motifs is 1. The molecule has 1 fully saturated rings. The third kappa shape index (κ3) is 4.24. The highest BCUT2D eigenvalue weighted by Gasteiger charge is 2.47. The van der Waals surface area contributed by atoms with Crippen molar-refractivity contribution in [2.75, 3.05) is 44.2 Å². The van der Waals surface area contributed by atoms with E-state index < -0.39 is 17.7 Å². The molecular weight excluding hydrogens is 472 g/mol. The highest BCUT2D eigenvalue weighted by atomic mass is 16.6. The molecule has 3 aromatic carbocycles. The number of methoxy groups -OCH3 is 1. The highest BCUT2D eigenvalue weighted by molar-refractivity contribution is 6.51. The number of anilines is 2. The van der Waals surface area contributed by atoms with Crippen LogP contribution in [0.25, 0.3) is 5.76 Å². The van der Waals surface area contributed by atoms with Crippen LogP contribution in [0.1, 0.15) is 22.7 Å². The zero-order valence-electron chi connectivity index (χ0n) is 21.1. The molecule has 190 valence electrons. The number of nitrogens with zero attached hydrogens (tertiary/aromatic N) is 2. The third-order valence-electron chi connectivity index (χ3n) is 6.58. The maximum atomic E-state index is 13.5. The molecule has 2 aliphatic rings. The van der Waals surface area contributed by atoms with Gasteiger partial charge in [0.05, 0.1) is 24.3 Å². The molecule has 2 heterocycles. The molecule has 0 saturated carbocycles. The van der Waals surface area contributed by atoms with Gasteiger partial charge in [0.2, 0.25) is 0 Å². The van der Waals surface area contributed by atoms with Gasteiger partial charge in [-0.1, -0.05) is 23.8 Å². The monoisotopic (exact) mass is 500 g/mol. The average molecular weight is 501 g/mol. The molecule has 37 heavy (non-hydrogen) atoms. The van der Waals surface area contributed by atoms with Gasteiger partial charge in [0, 0.05) is 31.5 Å². The molecule has 1 N–H and O–H groups in total. The van der Waals surface area contributed by atoms with E-state index in [1.807, 2.05) is 56.3 Å². The Morgan fingerprint density at radius 2 is 1.68 bits per heavy atom. The molecule has 3 aromatic rings. The van der Waals surface area contributed by atoms with E-state index in [9.17, 15) is 14.7 Å². The number of amides is 1. The van der Waals surface area contributed by atoms with Crippen LogP contribution in [0.2, 0.25) is 0 Å². The molecule has 1 amide bonds. The van der Waals surface area contributed by atoms with Crippen molar-refractivity contribution in [1.82, 2.24) is 0 Å². The Hall–Kier alpha value is -4.46. The van der Waals surface area contributed by atoms with E-state index in [2.05, 4.69) is 0 Å². The van der Waals surface area contributed by atoms with Crippen LogP contribution in [0.5, 0.6) is 17.2 Å². The fourth-order valence-corrected chi connectivity index (χ4v) is 4.70. The van der Waals surface area contributed by atoms with Gasteiger partial charge < -0.3 is 24.2 Å². The lowest BCUT2D eigenvalue weighted by atomic mass is 9.94. The number of Topliss-reactive ketones (excluding diaryl/α,β-unsaturated/α-hetero) is 1. The third-order valence-corrected chi connectivity index (χ3v) is 6.58. The summed E-state index contributed by atoms with van der Waals surface area (Å²) in [6, 6.07) is 17.1. The minimum Gasteiger partial charge on any atom is -0.507 e. The quantitative estimate of drug-likeness (QED) is 0.314. The van der Waals surface area contributed by atoms with Crippen molar-refractivity contribution in [2.45, 2.75) is 13.0 Å². The van der Waals surface area contributed by atoms with Gasteiger partial charge in [0.1, 0.15) is 24.7 Å². The fraction of sp³-hybridized carbons (Fsp3) is 0.241. The van der Waals surface area contributed by atoms with Crippen molar-refractivity contribution < 1.29 is 28.9 Å². The molecule has 1 saturated heterocycles. The lowest BCUT2D eigenvalue weighted by molar-refractivity contribution is -0.132. The number of carbonyl (C=O) groups excluding carboxylic acids is 2. The molecule has 5 rings (SSSR count). The van der Waals surface area contributed by atoms with E-state index in [1.165, 1.54) is 12.0 Å². The van der Waals surface area contributed by atoms with E-state index >= 15 is 0 Å². The fourth-order valence-electron chi connectivity index (χ4n) is 4.70. The van der Waals surface area contributed by atoms with Gasteiger partial charge >= 0.3 is 0 Å². The van der Waals surface area contributed by atoms with Gasteiger partial charge in [-0.25, -0.2) is 0 Å². The number of carbonyl (C=O) groups is 2. The van der Waals surface area contributed by atoms with Crippen LogP contribution in [-0.4, -0.2) is 51.2 Å². The van der Waals surface area contributed by atoms with Gasteiger partial charge in [-0.05, 0) is 48.9 Å². The van der Waals surface area contributed by atoms with Crippen molar-refractivity contribution in [1.29, 1.82) is 0 Å². The Balaban J connectivity index is 1.72. The minimum absolute atomic E-state index is 0.0126. The van der Waals surface area contributed by atoms with Crippen LogP contribution in [0.4, 0.5) is 11.4 Å². The van der Waals surface area contributed by atoms with Crippen LogP contribution >= 0.6 is 0 Å². The Morgan fingerprint density at radius 3 is 2.35 bits per heavy atom. The topological polar surface area (TPSA) is 88.5 Å². The standard InChI is InChI=1S/C29H28N2O6/c1-17-5-11-22(35-4)21(15-17)27(32)25-26(18-6-8-19(9-7-18)30(2)3)31(29(34)28(25)33)20-10-12-23-24(16-20)37-14-13-36-23/h5-12,15-16,26,32H,13-14H2,1-4H3/b27-25+. The van der Waals surface area contributed by atoms with E-state index in [0.717, 1.165) is 11.3 Å². The molecular formula is C29H28N2O6. The maximum Gasteiger partial charge on any atom is 0.300 e. The number of ketones is 1. The molecule has 0 aliphatic carbocycles. The number of hydrogen-bond acceptors (Lipinski definition) is 7. The predicted molar refractivity (Wildman–Crippen MR) is 141 cm³/mol. The van der Waals surface area contributed by atoms with Crippen molar-refractivity contribution in [3.8, 4) is 17.2 Å². The van der Waals surface area contributed by atoms with Crippen molar-refractivity contribution in [2.24, 2.45) is 0 Å². The zero-order valence-corrected chi connectivity index (χ0v) is 21.1. The smallest absolute Gasteiger partial charge is 0.300 e. The van der Waals surface area contributed by atoms with Crippen LogP contribution < -0.4 is 24.0 Å². The summed E-state index contributed by atoms with van der Waals surface area (Å²) < 4.78 is 16.8. The first kappa shape index (κ1) is 24.2. The van der Waals surface area contributed by atoms with Crippen molar-refractivity contribution in [3.05, 3.63) is 82.9 Å². The number of hydrogen-bond donors (Lipinski definition) is 1. The molecule has 0 bridgehead atoms. The van der Waals surface area contributed by atoms with Gasteiger partial charge in [-0.2, -0.15) is 0 Å². The molecule has 0 radical (unpaired) electrons. The average Bonchev–Trinajstić information content (AvgIpc) is 3.18. The second-order valence-corrected chi connectivity index (χ2v) is 9.19. The Labute approximate surface area is 215 Å². The molecule has 1 atom stereocenters. The second-order valence-electron chi connectivity index (χ2n) is 9.19. The molecule has 1 unspecified atom stereocenters. The number of ether oxygens (including phenoxy) is 3. The van der Waals surface area contributed by atoms with E-state index in [1.54, 1.807) is 30.3 Å². The van der Waals surface area contributed by atoms with Gasteiger partial charge in [0.25, 0.3) is 11.7 Å². The Kier molecular flexibility index (Phi) is 6.25. The Bertz CT molecular complexity index is 1410. The summed E-state index contributed by atoms with van der Waals surface area (Å²) in [5.74, 6) is -0.351. The normalized spacial score (nSPS) is 18.2. The zero-order chi connectivity index (χ0) is 26.3. The first-order chi connectivity index (χ1) is 17.8. The number of benzene rings is 3. The largest absolute Gasteiger partial charge is 0.507 e. The van der Waals surface area contributed by atoms with E-state index in [0.29, 0.717) is 47.3 Å². The molecule has 2 aliphatic heterocycles. The maximum absolute atomic E-state index is 13.5. The van der Waals surface area contributed by atoms with E-state index in [4.69, 9.17) is 14.2 Å². The van der Waals surface area contributed by atoms with Gasteiger partial charge in [0.15, 0.2) is 11.5 Å². The lowest BCUT2D eigenvalue weighted by Crippen LogP contribution is -2.29. The van der Waals surface area contributed by atoms with E-state index in [-0.39, 0.29) is 11.3 Å². The van der Waals surface area contributed by atoms with Crippen LogP contribution in [-0.2, 0) is 9.59 Å². The number of aliphatic hydroxyl groups excluding tert-OH is 1. The summed E-state index contributed by atoms with van der Waals surface area (Å²) in [7, 11) is 5.35. The summed E-state index contributed by atoms with van der Waals surface area (Å²) in [6.45, 7) is 2.70. The van der Waals surface area contributed by atoms with Gasteiger partial charge in [-0.3, -0.25) is 14.5 Å². The van der Waals surface area contributed by atoms with Crippen LogP contribution in [0.15, 0.2) is 66.2 Å². The minimum atomic E-state index is -0.871. The number of rotatable bonds is 5. The summed E-state index contributed by atoms with van der Waals surface area (Å²) in [6.07, 6.45) is 0. The van der Waals surface area contributed by atoms with Crippen molar-refractivity contribution in [3.63, 3.8) is 0 Å². The Morgan fingerprint density at radius 1 is 0.973 bits per heavy atom. The molecule has 0 aromatic heterocycles. The summed E-state index contributed by atoms with van der Waals surface area (Å²) in [4.78, 5) is 30.4. The lowest BCUT2D eigenvalue weighted by Gasteiger charge is -2.27. The predicted octanol–water partition coefficient (Wildman–Crippen LogP) is 4.47. The molecule has 8 heteroatoms. The summed E-state index contributed by atoms with van der Waals surface area (Å²) >= 11 is 0. The first-order valence-electron chi connectivity index (χ1n) is 11.9.